The molecule has 2 rings (SSSR count). The Kier molecular flexibility index (Phi) is 5.52. The number of carbonyl (C=O) groups excluding carboxylic acids is 3. The van der Waals surface area contributed by atoms with E-state index in [9.17, 15) is 14.4 Å². The van der Waals surface area contributed by atoms with Gasteiger partial charge in [0.2, 0.25) is 5.91 Å². The van der Waals surface area contributed by atoms with E-state index in [-0.39, 0.29) is 18.4 Å². The van der Waals surface area contributed by atoms with Crippen LogP contribution in [0.2, 0.25) is 0 Å². The molecular formula is C16H21N3O3. The van der Waals surface area contributed by atoms with E-state index in [2.05, 4.69) is 10.6 Å². The zero-order valence-corrected chi connectivity index (χ0v) is 12.7. The molecule has 6 heteroatoms. The fourth-order valence-electron chi connectivity index (χ4n) is 2.32. The van der Waals surface area contributed by atoms with Gasteiger partial charge in [0.1, 0.15) is 12.6 Å². The van der Waals surface area contributed by atoms with Crippen molar-refractivity contribution in [2.24, 2.45) is 0 Å². The first-order valence-corrected chi connectivity index (χ1v) is 7.54. The Morgan fingerprint density at radius 1 is 1.27 bits per heavy atom. The Balaban J connectivity index is 1.90. The lowest BCUT2D eigenvalue weighted by Crippen LogP contribution is -2.41. The number of benzene rings is 1. The molecule has 22 heavy (non-hydrogen) atoms. The molecule has 1 fully saturated rings. The molecular weight excluding hydrogens is 282 g/mol. The van der Waals surface area contributed by atoms with Crippen LogP contribution in [0.4, 0.5) is 4.79 Å². The van der Waals surface area contributed by atoms with Crippen molar-refractivity contribution in [3.05, 3.63) is 35.9 Å². The van der Waals surface area contributed by atoms with Gasteiger partial charge in [-0.3, -0.25) is 14.5 Å². The predicted molar refractivity (Wildman–Crippen MR) is 82.1 cm³/mol. The van der Waals surface area contributed by atoms with E-state index in [0.717, 1.165) is 23.3 Å². The van der Waals surface area contributed by atoms with Gasteiger partial charge < -0.3 is 10.6 Å². The summed E-state index contributed by atoms with van der Waals surface area (Å²) >= 11 is 0. The molecule has 1 unspecified atom stereocenters. The average molecular weight is 303 g/mol. The molecule has 118 valence electrons. The standard InChI is InChI=1S/C16H21N3O3/c1-2-3-9-17-14(20)11-19-15(21)13(18-16(19)22)10-12-7-5-4-6-8-12/h4-8,13H,2-3,9-11H2,1H3,(H,17,20)(H,18,22). The molecule has 1 atom stereocenters. The van der Waals surface area contributed by atoms with Crippen molar-refractivity contribution in [1.29, 1.82) is 0 Å². The number of rotatable bonds is 7. The van der Waals surface area contributed by atoms with E-state index in [4.69, 9.17) is 0 Å². The molecule has 1 aromatic rings. The van der Waals surface area contributed by atoms with Gasteiger partial charge >= 0.3 is 6.03 Å². The third-order valence-electron chi connectivity index (χ3n) is 3.54. The largest absolute Gasteiger partial charge is 0.355 e. The van der Waals surface area contributed by atoms with Crippen LogP contribution in [0.25, 0.3) is 0 Å². The number of hydrogen-bond donors (Lipinski definition) is 2. The first-order valence-electron chi connectivity index (χ1n) is 7.54. The summed E-state index contributed by atoms with van der Waals surface area (Å²) in [4.78, 5) is 36.8. The highest BCUT2D eigenvalue weighted by Gasteiger charge is 2.38. The Labute approximate surface area is 129 Å². The van der Waals surface area contributed by atoms with E-state index >= 15 is 0 Å². The molecule has 2 N–H and O–H groups in total. The Hall–Kier alpha value is -2.37. The van der Waals surface area contributed by atoms with Gasteiger partial charge in [0.25, 0.3) is 5.91 Å². The summed E-state index contributed by atoms with van der Waals surface area (Å²) in [5.41, 5.74) is 0.968. The van der Waals surface area contributed by atoms with E-state index in [1.807, 2.05) is 37.3 Å². The minimum atomic E-state index is -0.599. The first-order chi connectivity index (χ1) is 10.6. The molecule has 1 saturated heterocycles. The molecule has 1 heterocycles. The van der Waals surface area contributed by atoms with Crippen LogP contribution < -0.4 is 10.6 Å². The maximum absolute atomic E-state index is 12.2. The summed E-state index contributed by atoms with van der Waals surface area (Å²) in [5, 5.41) is 5.34. The molecule has 1 aromatic carbocycles. The molecule has 0 saturated carbocycles. The lowest BCUT2D eigenvalue weighted by atomic mass is 10.1. The number of hydrogen-bond acceptors (Lipinski definition) is 3. The van der Waals surface area contributed by atoms with Gasteiger partial charge in [0.05, 0.1) is 0 Å². The third kappa shape index (κ3) is 4.07. The molecule has 0 spiro atoms. The maximum atomic E-state index is 12.2. The van der Waals surface area contributed by atoms with Gasteiger partial charge in [-0.1, -0.05) is 43.7 Å². The zero-order chi connectivity index (χ0) is 15.9. The predicted octanol–water partition coefficient (Wildman–Crippen LogP) is 1.07. The first kappa shape index (κ1) is 16.0. The van der Waals surface area contributed by atoms with Crippen LogP contribution >= 0.6 is 0 Å². The van der Waals surface area contributed by atoms with E-state index in [0.29, 0.717) is 13.0 Å². The maximum Gasteiger partial charge on any atom is 0.325 e. The Morgan fingerprint density at radius 3 is 2.68 bits per heavy atom. The van der Waals surface area contributed by atoms with E-state index in [1.165, 1.54) is 0 Å². The van der Waals surface area contributed by atoms with Gasteiger partial charge in [0.15, 0.2) is 0 Å². The SMILES string of the molecule is CCCCNC(=O)CN1C(=O)NC(Cc2ccccc2)C1=O. The molecule has 4 amide bonds. The number of imide groups is 1. The minimum Gasteiger partial charge on any atom is -0.355 e. The molecule has 6 nitrogen and oxygen atoms in total. The van der Waals surface area contributed by atoms with Gasteiger partial charge in [-0.05, 0) is 12.0 Å². The van der Waals surface area contributed by atoms with Crippen LogP contribution in [0.5, 0.6) is 0 Å². The van der Waals surface area contributed by atoms with Crippen LogP contribution in [-0.2, 0) is 16.0 Å². The highest BCUT2D eigenvalue weighted by atomic mass is 16.2. The third-order valence-corrected chi connectivity index (χ3v) is 3.54. The zero-order valence-electron chi connectivity index (χ0n) is 12.7. The van der Waals surface area contributed by atoms with Crippen LogP contribution in [0.1, 0.15) is 25.3 Å². The fraction of sp³-hybridized carbons (Fsp3) is 0.438. The van der Waals surface area contributed by atoms with Gasteiger partial charge in [-0.15, -0.1) is 0 Å². The van der Waals surface area contributed by atoms with E-state index < -0.39 is 12.1 Å². The lowest BCUT2D eigenvalue weighted by molar-refractivity contribution is -0.132. The van der Waals surface area contributed by atoms with Crippen molar-refractivity contribution < 1.29 is 14.4 Å². The van der Waals surface area contributed by atoms with E-state index in [1.54, 1.807) is 0 Å². The Morgan fingerprint density at radius 2 is 2.00 bits per heavy atom. The number of nitrogens with zero attached hydrogens (tertiary/aromatic N) is 1. The summed E-state index contributed by atoms with van der Waals surface area (Å²) in [6.07, 6.45) is 2.28. The van der Waals surface area contributed by atoms with Gasteiger partial charge in [-0.2, -0.15) is 0 Å². The van der Waals surface area contributed by atoms with Crippen LogP contribution in [-0.4, -0.2) is 41.9 Å². The van der Waals surface area contributed by atoms with Gasteiger partial charge in [0, 0.05) is 13.0 Å². The summed E-state index contributed by atoms with van der Waals surface area (Å²) in [6, 6.07) is 8.37. The number of carbonyl (C=O) groups is 3. The quantitative estimate of drug-likeness (QED) is 0.584. The van der Waals surface area contributed by atoms with Crippen LogP contribution in [0.3, 0.4) is 0 Å². The monoisotopic (exact) mass is 303 g/mol. The molecule has 1 aliphatic heterocycles. The van der Waals surface area contributed by atoms with Crippen LogP contribution in [0, 0.1) is 0 Å². The molecule has 1 aliphatic rings. The number of amides is 4. The van der Waals surface area contributed by atoms with Crippen molar-refractivity contribution in [1.82, 2.24) is 15.5 Å². The number of urea groups is 1. The summed E-state index contributed by atoms with van der Waals surface area (Å²) < 4.78 is 0. The molecule has 0 bridgehead atoms. The summed E-state index contributed by atoms with van der Waals surface area (Å²) in [5.74, 6) is -0.656. The average Bonchev–Trinajstić information content (AvgIpc) is 2.76. The van der Waals surface area contributed by atoms with Crippen molar-refractivity contribution >= 4 is 17.8 Å². The highest BCUT2D eigenvalue weighted by molar-refractivity contribution is 6.06. The highest BCUT2D eigenvalue weighted by Crippen LogP contribution is 2.11. The van der Waals surface area contributed by atoms with Crippen LogP contribution in [0.15, 0.2) is 30.3 Å². The molecule has 0 aliphatic carbocycles. The number of unbranched alkanes of at least 4 members (excludes halogenated alkanes) is 1. The minimum absolute atomic E-state index is 0.223. The van der Waals surface area contributed by atoms with Crippen molar-refractivity contribution in [2.45, 2.75) is 32.2 Å². The normalized spacial score (nSPS) is 17.5. The smallest absolute Gasteiger partial charge is 0.325 e. The Bertz CT molecular complexity index is 545. The second kappa shape index (κ2) is 7.59. The van der Waals surface area contributed by atoms with Crippen molar-refractivity contribution in [3.8, 4) is 0 Å². The van der Waals surface area contributed by atoms with Crippen molar-refractivity contribution in [3.63, 3.8) is 0 Å². The topological polar surface area (TPSA) is 78.5 Å². The van der Waals surface area contributed by atoms with Gasteiger partial charge in [-0.25, -0.2) is 4.79 Å². The van der Waals surface area contributed by atoms with Crippen molar-refractivity contribution in [2.75, 3.05) is 13.1 Å². The second-order valence-electron chi connectivity index (χ2n) is 5.32. The molecule has 0 radical (unpaired) electrons. The summed E-state index contributed by atoms with van der Waals surface area (Å²) in [7, 11) is 0. The lowest BCUT2D eigenvalue weighted by Gasteiger charge is -2.13. The molecule has 0 aromatic heterocycles. The number of nitrogens with one attached hydrogen (secondary N) is 2. The summed E-state index contributed by atoms with van der Waals surface area (Å²) in [6.45, 7) is 2.36. The fourth-order valence-corrected chi connectivity index (χ4v) is 2.32. The second-order valence-corrected chi connectivity index (χ2v) is 5.32.